The normalized spacial score (nSPS) is 20.4. The lowest BCUT2D eigenvalue weighted by Crippen LogP contribution is -2.51. The molecule has 9 nitrogen and oxygen atoms in total. The number of nitrogens with one attached hydrogen (secondary N) is 1. The van der Waals surface area contributed by atoms with Gasteiger partial charge in [-0.25, -0.2) is 0 Å². The van der Waals surface area contributed by atoms with Crippen LogP contribution < -0.4 is 15.0 Å². The van der Waals surface area contributed by atoms with E-state index in [-0.39, 0.29) is 42.6 Å². The lowest BCUT2D eigenvalue weighted by molar-refractivity contribution is -0.149. The molecule has 168 valence electrons. The maximum absolute atomic E-state index is 12.7. The summed E-state index contributed by atoms with van der Waals surface area (Å²) in [6.45, 7) is 2.81. The molecule has 0 bridgehead atoms. The van der Waals surface area contributed by atoms with Gasteiger partial charge in [-0.3, -0.25) is 19.2 Å². The molecule has 2 saturated heterocycles. The molecule has 0 aliphatic carbocycles. The topological polar surface area (TPSA) is 105 Å². The van der Waals surface area contributed by atoms with Crippen LogP contribution in [-0.4, -0.2) is 68.5 Å². The summed E-state index contributed by atoms with van der Waals surface area (Å²) >= 11 is 0. The van der Waals surface area contributed by atoms with Gasteiger partial charge in [-0.2, -0.15) is 0 Å². The Kier molecular flexibility index (Phi) is 7.14. The van der Waals surface area contributed by atoms with Crippen molar-refractivity contribution in [2.45, 2.75) is 32.2 Å². The summed E-state index contributed by atoms with van der Waals surface area (Å²) in [6.07, 6.45) is 1.20. The van der Waals surface area contributed by atoms with E-state index >= 15 is 0 Å². The predicted octanol–water partition coefficient (Wildman–Crippen LogP) is 0.964. The first-order valence-electron chi connectivity index (χ1n) is 10.5. The third-order valence-electron chi connectivity index (χ3n) is 5.95. The Morgan fingerprint density at radius 3 is 2.29 bits per heavy atom. The van der Waals surface area contributed by atoms with Crippen LogP contribution >= 0.6 is 0 Å². The molecule has 31 heavy (non-hydrogen) atoms. The number of piperidine rings is 1. The summed E-state index contributed by atoms with van der Waals surface area (Å²) in [5, 5.41) is 2.75. The Hall–Kier alpha value is -3.10. The summed E-state index contributed by atoms with van der Waals surface area (Å²) in [4.78, 5) is 52.7. The quantitative estimate of drug-likeness (QED) is 0.673. The van der Waals surface area contributed by atoms with Crippen molar-refractivity contribution >= 4 is 29.4 Å². The lowest BCUT2D eigenvalue weighted by atomic mass is 9.96. The van der Waals surface area contributed by atoms with Gasteiger partial charge in [0.1, 0.15) is 11.8 Å². The number of benzene rings is 1. The van der Waals surface area contributed by atoms with Crippen molar-refractivity contribution in [3.63, 3.8) is 0 Å². The van der Waals surface area contributed by atoms with E-state index in [1.165, 1.54) is 7.11 Å². The van der Waals surface area contributed by atoms with Gasteiger partial charge in [-0.15, -0.1) is 0 Å². The molecule has 0 aromatic heterocycles. The molecule has 0 radical (unpaired) electrons. The van der Waals surface area contributed by atoms with Crippen molar-refractivity contribution in [1.82, 2.24) is 10.2 Å². The van der Waals surface area contributed by atoms with Crippen LogP contribution in [0.1, 0.15) is 26.2 Å². The van der Waals surface area contributed by atoms with Gasteiger partial charge < -0.3 is 24.6 Å². The number of anilines is 1. The minimum absolute atomic E-state index is 0.100. The molecular weight excluding hydrogens is 402 g/mol. The highest BCUT2D eigenvalue weighted by Gasteiger charge is 2.37. The molecule has 0 spiro atoms. The molecule has 2 heterocycles. The van der Waals surface area contributed by atoms with Crippen molar-refractivity contribution in [3.05, 3.63) is 24.3 Å². The highest BCUT2D eigenvalue weighted by molar-refractivity contribution is 6.01. The van der Waals surface area contributed by atoms with Gasteiger partial charge in [0.15, 0.2) is 0 Å². The average Bonchev–Trinajstić information content (AvgIpc) is 3.19. The number of likely N-dealkylation sites (tertiary alicyclic amines) is 1. The van der Waals surface area contributed by atoms with Gasteiger partial charge in [0.05, 0.1) is 26.1 Å². The van der Waals surface area contributed by atoms with Gasteiger partial charge >= 0.3 is 5.97 Å². The fraction of sp³-hybridized carbons (Fsp3) is 0.545. The largest absolute Gasteiger partial charge is 0.497 e. The van der Waals surface area contributed by atoms with E-state index in [1.54, 1.807) is 48.1 Å². The molecule has 1 aromatic carbocycles. The summed E-state index contributed by atoms with van der Waals surface area (Å²) in [5.41, 5.74) is 0.707. The number of rotatable bonds is 6. The number of esters is 1. The highest BCUT2D eigenvalue weighted by Crippen LogP contribution is 2.27. The molecule has 3 rings (SSSR count). The Bertz CT molecular complexity index is 832. The first-order chi connectivity index (χ1) is 14.8. The van der Waals surface area contributed by atoms with E-state index in [9.17, 15) is 19.2 Å². The van der Waals surface area contributed by atoms with Crippen molar-refractivity contribution in [3.8, 4) is 5.75 Å². The maximum atomic E-state index is 12.7. The molecule has 1 N–H and O–H groups in total. The number of amides is 3. The molecule has 2 fully saturated rings. The number of nitrogens with zero attached hydrogens (tertiary/aromatic N) is 2. The van der Waals surface area contributed by atoms with Crippen molar-refractivity contribution < 1.29 is 28.7 Å². The third-order valence-corrected chi connectivity index (χ3v) is 5.95. The fourth-order valence-electron chi connectivity index (χ4n) is 4.06. The van der Waals surface area contributed by atoms with Crippen LogP contribution in [0.25, 0.3) is 0 Å². The standard InChI is InChI=1S/C22H29N3O6/c1-14(21(28)24-10-8-15(9-11-24)22(29)31-3)23-20(27)16-12-19(26)25(13-16)17-4-6-18(30-2)7-5-17/h4-7,14-16H,8-13H2,1-3H3,(H,23,27). The molecule has 2 aliphatic rings. The third kappa shape index (κ3) is 5.15. The van der Waals surface area contributed by atoms with Crippen molar-refractivity contribution in [2.75, 3.05) is 38.8 Å². The Morgan fingerprint density at radius 1 is 1.06 bits per heavy atom. The van der Waals surface area contributed by atoms with Crippen LogP contribution in [0.5, 0.6) is 5.75 Å². The van der Waals surface area contributed by atoms with Crippen LogP contribution in [0.2, 0.25) is 0 Å². The molecule has 3 amide bonds. The average molecular weight is 431 g/mol. The van der Waals surface area contributed by atoms with Gasteiger partial charge in [0, 0.05) is 31.7 Å². The lowest BCUT2D eigenvalue weighted by Gasteiger charge is -2.32. The smallest absolute Gasteiger partial charge is 0.308 e. The van der Waals surface area contributed by atoms with Crippen LogP contribution in [0.3, 0.4) is 0 Å². The number of carbonyl (C=O) groups excluding carboxylic acids is 4. The van der Waals surface area contributed by atoms with Gasteiger partial charge in [0.2, 0.25) is 17.7 Å². The van der Waals surface area contributed by atoms with Crippen molar-refractivity contribution in [2.24, 2.45) is 11.8 Å². The monoisotopic (exact) mass is 431 g/mol. The van der Waals surface area contributed by atoms with E-state index in [0.29, 0.717) is 37.4 Å². The van der Waals surface area contributed by atoms with Crippen molar-refractivity contribution in [1.29, 1.82) is 0 Å². The second-order valence-electron chi connectivity index (χ2n) is 7.96. The van der Waals surface area contributed by atoms with E-state index in [0.717, 1.165) is 0 Å². The zero-order chi connectivity index (χ0) is 22.5. The number of hydrogen-bond donors (Lipinski definition) is 1. The number of ether oxygens (including phenoxy) is 2. The minimum Gasteiger partial charge on any atom is -0.497 e. The second-order valence-corrected chi connectivity index (χ2v) is 7.96. The summed E-state index contributed by atoms with van der Waals surface area (Å²) in [5.74, 6) is -0.896. The molecule has 2 atom stereocenters. The van der Waals surface area contributed by atoms with E-state index < -0.39 is 12.0 Å². The Balaban J connectivity index is 1.52. The van der Waals surface area contributed by atoms with Gasteiger partial charge in [-0.1, -0.05) is 0 Å². The van der Waals surface area contributed by atoms with Crippen LogP contribution in [-0.2, 0) is 23.9 Å². The minimum atomic E-state index is -0.702. The molecular formula is C22H29N3O6. The summed E-state index contributed by atoms with van der Waals surface area (Å²) in [6, 6.07) is 6.38. The number of hydrogen-bond acceptors (Lipinski definition) is 6. The van der Waals surface area contributed by atoms with E-state index in [4.69, 9.17) is 9.47 Å². The first kappa shape index (κ1) is 22.6. The van der Waals surface area contributed by atoms with Gasteiger partial charge in [-0.05, 0) is 44.0 Å². The zero-order valence-corrected chi connectivity index (χ0v) is 18.1. The molecule has 9 heteroatoms. The first-order valence-corrected chi connectivity index (χ1v) is 10.5. The van der Waals surface area contributed by atoms with Crippen LogP contribution in [0, 0.1) is 11.8 Å². The number of carbonyl (C=O) groups is 4. The molecule has 2 aliphatic heterocycles. The van der Waals surface area contributed by atoms with E-state index in [1.807, 2.05) is 0 Å². The second kappa shape index (κ2) is 9.80. The van der Waals surface area contributed by atoms with Crippen LogP contribution in [0.15, 0.2) is 24.3 Å². The molecule has 2 unspecified atom stereocenters. The van der Waals surface area contributed by atoms with Gasteiger partial charge in [0.25, 0.3) is 0 Å². The molecule has 0 saturated carbocycles. The Labute approximate surface area is 181 Å². The summed E-state index contributed by atoms with van der Waals surface area (Å²) in [7, 11) is 2.93. The highest BCUT2D eigenvalue weighted by atomic mass is 16.5. The molecule has 1 aromatic rings. The predicted molar refractivity (Wildman–Crippen MR) is 112 cm³/mol. The Morgan fingerprint density at radius 2 is 1.71 bits per heavy atom. The van der Waals surface area contributed by atoms with Crippen LogP contribution in [0.4, 0.5) is 5.69 Å². The SMILES string of the molecule is COC(=O)C1CCN(C(=O)C(C)NC(=O)C2CC(=O)N(c3ccc(OC)cc3)C2)CC1. The summed E-state index contributed by atoms with van der Waals surface area (Å²) < 4.78 is 9.90. The van der Waals surface area contributed by atoms with E-state index in [2.05, 4.69) is 5.32 Å². The number of methoxy groups -OCH3 is 2. The fourth-order valence-corrected chi connectivity index (χ4v) is 4.06. The zero-order valence-electron chi connectivity index (χ0n) is 18.1. The maximum Gasteiger partial charge on any atom is 0.308 e.